The Balaban J connectivity index is 3.07. The smallest absolute Gasteiger partial charge is 0.134 e. The summed E-state index contributed by atoms with van der Waals surface area (Å²) in [6.07, 6.45) is 2.16. The van der Waals surface area contributed by atoms with Gasteiger partial charge in [-0.1, -0.05) is 0 Å². The highest BCUT2D eigenvalue weighted by molar-refractivity contribution is 6.01. The molecule has 1 fully saturated rings. The van der Waals surface area contributed by atoms with E-state index < -0.39 is 10.8 Å². The lowest BCUT2D eigenvalue weighted by molar-refractivity contribution is -0.159. The summed E-state index contributed by atoms with van der Waals surface area (Å²) in [4.78, 5) is 42.1. The summed E-state index contributed by atoms with van der Waals surface area (Å²) in [6, 6.07) is 0. The third-order valence-electron chi connectivity index (χ3n) is 2.66. The van der Waals surface area contributed by atoms with Crippen molar-refractivity contribution in [2.75, 3.05) is 0 Å². The van der Waals surface area contributed by atoms with Crippen LogP contribution in [0.4, 0.5) is 0 Å². The first-order valence-corrected chi connectivity index (χ1v) is 3.55. The van der Waals surface area contributed by atoms with Crippen LogP contribution in [0.15, 0.2) is 0 Å². The first-order valence-electron chi connectivity index (χ1n) is 3.55. The molecule has 64 valence electrons. The van der Waals surface area contributed by atoms with E-state index >= 15 is 0 Å². The second-order valence-corrected chi connectivity index (χ2v) is 3.05. The fourth-order valence-corrected chi connectivity index (χ4v) is 1.43. The zero-order chi connectivity index (χ0) is 9.24. The molecular weight excluding hydrogens is 160 g/mol. The Kier molecular flexibility index (Phi) is 1.92. The van der Waals surface area contributed by atoms with Crippen molar-refractivity contribution in [3.63, 3.8) is 0 Å². The fourth-order valence-electron chi connectivity index (χ4n) is 1.43. The van der Waals surface area contributed by atoms with Gasteiger partial charge in [0.1, 0.15) is 36.0 Å². The van der Waals surface area contributed by atoms with Crippen LogP contribution in [0.3, 0.4) is 0 Å². The Morgan fingerprint density at radius 3 is 1.00 bits per heavy atom. The lowest BCUT2D eigenvalue weighted by Gasteiger charge is -2.45. The molecule has 0 aliphatic heterocycles. The van der Waals surface area contributed by atoms with E-state index in [1.807, 2.05) is 0 Å². The van der Waals surface area contributed by atoms with Gasteiger partial charge in [0.05, 0.1) is 0 Å². The van der Waals surface area contributed by atoms with Crippen LogP contribution in [0.1, 0.15) is 12.8 Å². The minimum absolute atomic E-state index is 0.289. The Morgan fingerprint density at radius 2 is 0.917 bits per heavy atom. The van der Waals surface area contributed by atoms with Gasteiger partial charge in [0.25, 0.3) is 0 Å². The molecule has 4 nitrogen and oxygen atoms in total. The average Bonchev–Trinajstić information content (AvgIpc) is 2.08. The summed E-state index contributed by atoms with van der Waals surface area (Å²) in [7, 11) is 0. The van der Waals surface area contributed by atoms with Gasteiger partial charge in [-0.3, -0.25) is 0 Å². The van der Waals surface area contributed by atoms with E-state index in [0.29, 0.717) is 25.1 Å². The van der Waals surface area contributed by atoms with Crippen LogP contribution in [0.5, 0.6) is 0 Å². The molecule has 1 aliphatic carbocycles. The van der Waals surface area contributed by atoms with Crippen molar-refractivity contribution in [2.24, 2.45) is 10.8 Å². The molecule has 0 amide bonds. The van der Waals surface area contributed by atoms with Crippen LogP contribution in [-0.4, -0.2) is 25.1 Å². The molecule has 0 bridgehead atoms. The predicted molar refractivity (Wildman–Crippen MR) is 38.4 cm³/mol. The van der Waals surface area contributed by atoms with Crippen LogP contribution >= 0.6 is 0 Å². The van der Waals surface area contributed by atoms with E-state index in [9.17, 15) is 19.2 Å². The largest absolute Gasteiger partial charge is 0.302 e. The summed E-state index contributed by atoms with van der Waals surface area (Å²) >= 11 is 0. The number of carbonyl (C=O) groups is 4. The molecule has 1 saturated carbocycles. The minimum Gasteiger partial charge on any atom is -0.302 e. The highest BCUT2D eigenvalue weighted by atomic mass is 16.2. The van der Waals surface area contributed by atoms with Crippen LogP contribution in [0, 0.1) is 10.8 Å². The quantitative estimate of drug-likeness (QED) is 0.421. The number of hydrogen-bond donors (Lipinski definition) is 0. The fraction of sp³-hybridized carbons (Fsp3) is 0.500. The Morgan fingerprint density at radius 1 is 0.667 bits per heavy atom. The first-order chi connectivity index (χ1) is 5.70. The second-order valence-electron chi connectivity index (χ2n) is 3.05. The van der Waals surface area contributed by atoms with Crippen molar-refractivity contribution in [3.8, 4) is 0 Å². The molecule has 0 aromatic carbocycles. The van der Waals surface area contributed by atoms with Gasteiger partial charge in [0.2, 0.25) is 0 Å². The summed E-state index contributed by atoms with van der Waals surface area (Å²) < 4.78 is 0. The molecule has 0 radical (unpaired) electrons. The highest BCUT2D eigenvalue weighted by Gasteiger charge is 2.60. The zero-order valence-corrected chi connectivity index (χ0v) is 6.36. The molecule has 0 unspecified atom stereocenters. The standard InChI is InChI=1S/C8H8O4/c9-3-7(4-10)1-2-8(7,5-11)6-12/h3-6H,1-2H2. The van der Waals surface area contributed by atoms with Gasteiger partial charge < -0.3 is 19.2 Å². The maximum Gasteiger partial charge on any atom is 0.134 e. The SMILES string of the molecule is O=CC1(C=O)CCC1(C=O)C=O. The van der Waals surface area contributed by atoms with E-state index in [-0.39, 0.29) is 12.8 Å². The Labute approximate surface area is 68.9 Å². The maximum atomic E-state index is 10.5. The van der Waals surface area contributed by atoms with Crippen LogP contribution in [0.2, 0.25) is 0 Å². The molecule has 0 spiro atoms. The van der Waals surface area contributed by atoms with E-state index in [4.69, 9.17) is 0 Å². The second kappa shape index (κ2) is 2.62. The van der Waals surface area contributed by atoms with Crippen LogP contribution in [0.25, 0.3) is 0 Å². The van der Waals surface area contributed by atoms with Crippen LogP contribution in [-0.2, 0) is 19.2 Å². The van der Waals surface area contributed by atoms with Crippen molar-refractivity contribution in [2.45, 2.75) is 12.8 Å². The lowest BCUT2D eigenvalue weighted by atomic mass is 9.52. The van der Waals surface area contributed by atoms with Gasteiger partial charge in [-0.05, 0) is 12.8 Å². The van der Waals surface area contributed by atoms with Gasteiger partial charge in [-0.2, -0.15) is 0 Å². The monoisotopic (exact) mass is 168 g/mol. The van der Waals surface area contributed by atoms with E-state index in [0.717, 1.165) is 0 Å². The van der Waals surface area contributed by atoms with Crippen molar-refractivity contribution < 1.29 is 19.2 Å². The summed E-state index contributed by atoms with van der Waals surface area (Å²) in [5.41, 5.74) is -2.76. The lowest BCUT2D eigenvalue weighted by Crippen LogP contribution is -2.55. The predicted octanol–water partition coefficient (Wildman–Crippen LogP) is -0.451. The molecule has 1 aliphatic rings. The minimum atomic E-state index is -1.38. The Bertz CT molecular complexity index is 201. The normalized spacial score (nSPS) is 23.3. The van der Waals surface area contributed by atoms with Crippen LogP contribution < -0.4 is 0 Å². The summed E-state index contributed by atoms with van der Waals surface area (Å²) in [6.45, 7) is 0. The highest BCUT2D eigenvalue weighted by Crippen LogP contribution is 2.51. The third kappa shape index (κ3) is 0.719. The van der Waals surface area contributed by atoms with Gasteiger partial charge in [0.15, 0.2) is 0 Å². The molecule has 0 heterocycles. The molecule has 12 heavy (non-hydrogen) atoms. The van der Waals surface area contributed by atoms with Crippen molar-refractivity contribution in [1.82, 2.24) is 0 Å². The van der Waals surface area contributed by atoms with E-state index in [1.165, 1.54) is 0 Å². The Hall–Kier alpha value is -1.32. The summed E-state index contributed by atoms with van der Waals surface area (Å²) in [5, 5.41) is 0. The average molecular weight is 168 g/mol. The van der Waals surface area contributed by atoms with Gasteiger partial charge in [0, 0.05) is 0 Å². The van der Waals surface area contributed by atoms with Crippen molar-refractivity contribution in [1.29, 1.82) is 0 Å². The van der Waals surface area contributed by atoms with Gasteiger partial charge in [-0.15, -0.1) is 0 Å². The van der Waals surface area contributed by atoms with Crippen molar-refractivity contribution >= 4 is 25.1 Å². The number of carbonyl (C=O) groups excluding carboxylic acids is 4. The van der Waals surface area contributed by atoms with Gasteiger partial charge in [-0.25, -0.2) is 0 Å². The maximum absolute atomic E-state index is 10.5. The molecule has 0 saturated heterocycles. The van der Waals surface area contributed by atoms with Crippen molar-refractivity contribution in [3.05, 3.63) is 0 Å². The third-order valence-corrected chi connectivity index (χ3v) is 2.66. The topological polar surface area (TPSA) is 68.3 Å². The molecule has 0 atom stereocenters. The molecule has 4 heteroatoms. The van der Waals surface area contributed by atoms with E-state index in [2.05, 4.69) is 0 Å². The molecule has 1 rings (SSSR count). The molecule has 0 aromatic rings. The molecular formula is C8H8O4. The number of hydrogen-bond acceptors (Lipinski definition) is 4. The van der Waals surface area contributed by atoms with Gasteiger partial charge >= 0.3 is 0 Å². The summed E-state index contributed by atoms with van der Waals surface area (Å²) in [5.74, 6) is 0. The number of aldehydes is 4. The first kappa shape index (κ1) is 8.77. The molecule has 0 N–H and O–H groups in total. The van der Waals surface area contributed by atoms with E-state index in [1.54, 1.807) is 0 Å². The zero-order valence-electron chi connectivity index (χ0n) is 6.36. The molecule has 0 aromatic heterocycles. The number of rotatable bonds is 4.